The van der Waals surface area contributed by atoms with Crippen LogP contribution >= 0.6 is 0 Å². The molecular weight excluding hydrogens is 412 g/mol. The standard InChI is InChI=1S/C22H38N6O4/c1-16-11-28(17(2)14-29)21(30)9-6-10-27-12-19(24-25-27)15-32-20(16)13-26(3)22(31)23-18-7-4-5-8-18/h12,16-18,20,29H,4-11,13-15H2,1-3H3,(H,23,31)/t16-,17+,20-/m1/s1. The Morgan fingerprint density at radius 3 is 2.84 bits per heavy atom. The molecule has 180 valence electrons. The molecule has 32 heavy (non-hydrogen) atoms. The van der Waals surface area contributed by atoms with Gasteiger partial charge in [0.2, 0.25) is 5.91 Å². The van der Waals surface area contributed by atoms with Crippen molar-refractivity contribution in [1.29, 1.82) is 0 Å². The molecule has 3 atom stereocenters. The van der Waals surface area contributed by atoms with E-state index in [-0.39, 0.29) is 49.3 Å². The first-order valence-corrected chi connectivity index (χ1v) is 11.8. The Hall–Kier alpha value is -2.20. The number of aryl methyl sites for hydroxylation is 1. The maximum absolute atomic E-state index is 12.9. The van der Waals surface area contributed by atoms with Crippen LogP contribution in [0.25, 0.3) is 0 Å². The van der Waals surface area contributed by atoms with E-state index in [1.807, 2.05) is 20.0 Å². The summed E-state index contributed by atoms with van der Waals surface area (Å²) in [5.74, 6) is -0.0467. The topological polar surface area (TPSA) is 113 Å². The Kier molecular flexibility index (Phi) is 8.86. The van der Waals surface area contributed by atoms with Gasteiger partial charge < -0.3 is 25.0 Å². The van der Waals surface area contributed by atoms with Crippen LogP contribution in [0.4, 0.5) is 4.79 Å². The zero-order valence-corrected chi connectivity index (χ0v) is 19.6. The number of fused-ring (bicyclic) bond motifs is 2. The highest BCUT2D eigenvalue weighted by molar-refractivity contribution is 5.76. The number of aromatic nitrogens is 3. The minimum atomic E-state index is -0.304. The molecule has 2 heterocycles. The molecule has 2 N–H and O–H groups in total. The Balaban J connectivity index is 1.72. The fraction of sp³-hybridized carbons (Fsp3) is 0.818. The third-order valence-corrected chi connectivity index (χ3v) is 6.53. The number of hydrogen-bond donors (Lipinski definition) is 2. The van der Waals surface area contributed by atoms with Gasteiger partial charge in [-0.3, -0.25) is 9.48 Å². The van der Waals surface area contributed by atoms with Crippen molar-refractivity contribution in [2.75, 3.05) is 26.7 Å². The highest BCUT2D eigenvalue weighted by Crippen LogP contribution is 2.19. The summed E-state index contributed by atoms with van der Waals surface area (Å²) < 4.78 is 7.94. The highest BCUT2D eigenvalue weighted by atomic mass is 16.5. The van der Waals surface area contributed by atoms with Crippen molar-refractivity contribution in [1.82, 2.24) is 30.1 Å². The predicted octanol–water partition coefficient (Wildman–Crippen LogP) is 1.39. The molecule has 1 aliphatic carbocycles. The lowest BCUT2D eigenvalue weighted by Gasteiger charge is -2.35. The number of nitrogens with one attached hydrogen (secondary N) is 1. The Morgan fingerprint density at radius 2 is 2.12 bits per heavy atom. The van der Waals surface area contributed by atoms with Crippen molar-refractivity contribution in [3.8, 4) is 0 Å². The molecule has 2 bridgehead atoms. The summed E-state index contributed by atoms with van der Waals surface area (Å²) in [5.41, 5.74) is 0.728. The number of hydrogen-bond acceptors (Lipinski definition) is 6. The fourth-order valence-corrected chi connectivity index (χ4v) is 4.40. The number of rotatable bonds is 5. The first-order valence-electron chi connectivity index (χ1n) is 11.8. The molecule has 2 aliphatic rings. The van der Waals surface area contributed by atoms with Crippen LogP contribution in [0.2, 0.25) is 0 Å². The van der Waals surface area contributed by atoms with Gasteiger partial charge in [-0.05, 0) is 26.2 Å². The van der Waals surface area contributed by atoms with Crippen molar-refractivity contribution in [2.45, 2.75) is 83.7 Å². The summed E-state index contributed by atoms with van der Waals surface area (Å²) in [4.78, 5) is 29.0. The monoisotopic (exact) mass is 450 g/mol. The molecule has 1 fully saturated rings. The van der Waals surface area contributed by atoms with Gasteiger partial charge in [0.1, 0.15) is 5.69 Å². The summed E-state index contributed by atoms with van der Waals surface area (Å²) in [6.07, 6.45) is 6.94. The van der Waals surface area contributed by atoms with Crippen LogP contribution in [0, 0.1) is 5.92 Å². The van der Waals surface area contributed by atoms with Gasteiger partial charge in [0, 0.05) is 45.1 Å². The van der Waals surface area contributed by atoms with Crippen molar-refractivity contribution >= 4 is 11.9 Å². The fourth-order valence-electron chi connectivity index (χ4n) is 4.40. The predicted molar refractivity (Wildman–Crippen MR) is 119 cm³/mol. The molecule has 1 aromatic heterocycles. The largest absolute Gasteiger partial charge is 0.394 e. The normalized spacial score (nSPS) is 24.4. The van der Waals surface area contributed by atoms with Gasteiger partial charge in [-0.15, -0.1) is 5.10 Å². The number of aliphatic hydroxyl groups excluding tert-OH is 1. The number of amides is 3. The van der Waals surface area contributed by atoms with Gasteiger partial charge in [-0.25, -0.2) is 4.79 Å². The molecule has 10 heteroatoms. The summed E-state index contributed by atoms with van der Waals surface area (Å²) >= 11 is 0. The van der Waals surface area contributed by atoms with Crippen molar-refractivity contribution < 1.29 is 19.4 Å². The van der Waals surface area contributed by atoms with Gasteiger partial charge in [0.25, 0.3) is 0 Å². The SMILES string of the molecule is C[C@@H]1CN([C@@H](C)CO)C(=O)CCCn2cc(nn2)CO[C@@H]1CN(C)C(=O)NC1CCCC1. The molecule has 3 rings (SSSR count). The molecular formula is C22H38N6O4. The average molecular weight is 451 g/mol. The molecule has 1 saturated carbocycles. The van der Waals surface area contributed by atoms with Crippen LogP contribution in [-0.2, 0) is 22.7 Å². The molecule has 1 aliphatic heterocycles. The van der Waals surface area contributed by atoms with Crippen molar-refractivity contribution in [2.24, 2.45) is 5.92 Å². The zero-order valence-electron chi connectivity index (χ0n) is 19.6. The molecule has 1 aromatic rings. The van der Waals surface area contributed by atoms with Crippen LogP contribution in [0.3, 0.4) is 0 Å². The first-order chi connectivity index (χ1) is 15.4. The highest BCUT2D eigenvalue weighted by Gasteiger charge is 2.29. The van der Waals surface area contributed by atoms with Gasteiger partial charge in [0.15, 0.2) is 0 Å². The lowest BCUT2D eigenvalue weighted by molar-refractivity contribution is -0.136. The molecule has 0 aromatic carbocycles. The minimum Gasteiger partial charge on any atom is -0.394 e. The van der Waals surface area contributed by atoms with E-state index in [2.05, 4.69) is 15.6 Å². The second-order valence-corrected chi connectivity index (χ2v) is 9.29. The van der Waals surface area contributed by atoms with E-state index in [0.717, 1.165) is 31.4 Å². The number of carbonyl (C=O) groups is 2. The Labute approximate surface area is 190 Å². The van der Waals surface area contributed by atoms with E-state index < -0.39 is 0 Å². The van der Waals surface area contributed by atoms with Crippen LogP contribution in [-0.4, -0.2) is 86.8 Å². The van der Waals surface area contributed by atoms with E-state index in [9.17, 15) is 14.7 Å². The maximum atomic E-state index is 12.9. The van der Waals surface area contributed by atoms with E-state index in [4.69, 9.17) is 4.74 Å². The van der Waals surface area contributed by atoms with Crippen LogP contribution < -0.4 is 5.32 Å². The number of nitrogens with zero attached hydrogens (tertiary/aromatic N) is 5. The minimum absolute atomic E-state index is 0.00377. The molecule has 10 nitrogen and oxygen atoms in total. The zero-order chi connectivity index (χ0) is 23.1. The summed E-state index contributed by atoms with van der Waals surface area (Å²) in [5, 5.41) is 21.1. The Morgan fingerprint density at radius 1 is 1.38 bits per heavy atom. The third-order valence-electron chi connectivity index (χ3n) is 6.53. The summed E-state index contributed by atoms with van der Waals surface area (Å²) in [6.45, 7) is 5.51. The molecule has 0 unspecified atom stereocenters. The lowest BCUT2D eigenvalue weighted by Crippen LogP contribution is -2.49. The van der Waals surface area contributed by atoms with Crippen LogP contribution in [0.1, 0.15) is 58.1 Å². The number of aliphatic hydroxyl groups is 1. The van der Waals surface area contributed by atoms with Crippen molar-refractivity contribution in [3.05, 3.63) is 11.9 Å². The van der Waals surface area contributed by atoms with E-state index in [1.54, 1.807) is 21.5 Å². The maximum Gasteiger partial charge on any atom is 0.317 e. The first kappa shape index (κ1) is 24.4. The number of likely N-dealkylation sites (N-methyl/N-ethyl adjacent to an activating group) is 1. The molecule has 0 spiro atoms. The van der Waals surface area contributed by atoms with Gasteiger partial charge >= 0.3 is 6.03 Å². The Bertz CT molecular complexity index is 751. The van der Waals surface area contributed by atoms with Crippen LogP contribution in [0.15, 0.2) is 6.20 Å². The second-order valence-electron chi connectivity index (χ2n) is 9.29. The number of carbonyl (C=O) groups excluding carboxylic acids is 2. The summed E-state index contributed by atoms with van der Waals surface area (Å²) in [6, 6.07) is -0.133. The molecule has 0 saturated heterocycles. The quantitative estimate of drug-likeness (QED) is 0.701. The van der Waals surface area contributed by atoms with E-state index in [1.165, 1.54) is 0 Å². The number of ether oxygens (including phenoxy) is 1. The van der Waals surface area contributed by atoms with Crippen LogP contribution in [0.5, 0.6) is 0 Å². The van der Waals surface area contributed by atoms with E-state index in [0.29, 0.717) is 32.5 Å². The number of urea groups is 1. The second kappa shape index (κ2) is 11.6. The molecule has 3 amide bonds. The lowest BCUT2D eigenvalue weighted by atomic mass is 10.0. The average Bonchev–Trinajstić information content (AvgIpc) is 3.45. The smallest absolute Gasteiger partial charge is 0.317 e. The third kappa shape index (κ3) is 6.65. The van der Waals surface area contributed by atoms with Gasteiger partial charge in [0.05, 0.1) is 31.6 Å². The van der Waals surface area contributed by atoms with E-state index >= 15 is 0 Å². The van der Waals surface area contributed by atoms with Crippen molar-refractivity contribution in [3.63, 3.8) is 0 Å². The summed E-state index contributed by atoms with van der Waals surface area (Å²) in [7, 11) is 1.77. The van der Waals surface area contributed by atoms with Gasteiger partial charge in [-0.2, -0.15) is 0 Å². The van der Waals surface area contributed by atoms with Gasteiger partial charge in [-0.1, -0.05) is 25.0 Å². The molecule has 0 radical (unpaired) electrons.